The van der Waals surface area contributed by atoms with Gasteiger partial charge in [0, 0.05) is 52.4 Å². The molecule has 26 heavy (non-hydrogen) atoms. The summed E-state index contributed by atoms with van der Waals surface area (Å²) in [5.41, 5.74) is 4.04. The van der Waals surface area contributed by atoms with Gasteiger partial charge in [0.15, 0.2) is 11.7 Å². The Morgan fingerprint density at radius 1 is 0.731 bits per heavy atom. The largest absolute Gasteiger partial charge is 0.379 e. The maximum absolute atomic E-state index is 9.27. The molecule has 10 nitrogen and oxygen atoms in total. The zero-order chi connectivity index (χ0) is 18.5. The second-order valence-corrected chi connectivity index (χ2v) is 6.30. The normalized spacial score (nSPS) is 21.0. The Kier molecular flexibility index (Phi) is 10.5. The summed E-state index contributed by atoms with van der Waals surface area (Å²) in [6, 6.07) is 0. The fourth-order valence-corrected chi connectivity index (χ4v) is 2.95. The van der Waals surface area contributed by atoms with Crippen LogP contribution in [0.15, 0.2) is 9.98 Å². The highest BCUT2D eigenvalue weighted by Crippen LogP contribution is 1.99. The Labute approximate surface area is 154 Å². The second-order valence-electron chi connectivity index (χ2n) is 6.30. The molecule has 2 saturated heterocycles. The number of aliphatic imine (C=N–C) groups is 2. The van der Waals surface area contributed by atoms with Crippen molar-refractivity contribution >= 4 is 11.7 Å². The Morgan fingerprint density at radius 2 is 1.12 bits per heavy atom. The van der Waals surface area contributed by atoms with Crippen molar-refractivity contribution in [2.75, 3.05) is 78.8 Å². The van der Waals surface area contributed by atoms with E-state index in [1.807, 2.05) is 11.0 Å². The standard InChI is InChI=1S/C16H32N6O4/c23-19-15(17-3-1-5-21-7-11-25-12-8-21)16(20-24)18-4-2-6-22-9-13-26-14-10-22/h23-24H,1-14H2,(H,17,19)(H,18,20). The molecule has 2 rings (SSSR count). The molecule has 150 valence electrons. The van der Waals surface area contributed by atoms with Gasteiger partial charge in [-0.25, -0.2) is 11.0 Å². The number of hydrogen-bond donors (Lipinski definition) is 4. The van der Waals surface area contributed by atoms with Gasteiger partial charge < -0.3 is 9.47 Å². The summed E-state index contributed by atoms with van der Waals surface area (Å²) >= 11 is 0. The summed E-state index contributed by atoms with van der Waals surface area (Å²) in [5.74, 6) is 0.307. The first kappa shape index (κ1) is 21.0. The molecule has 0 aromatic heterocycles. The molecule has 0 aromatic rings. The minimum atomic E-state index is 0.154. The number of rotatable bonds is 8. The average molecular weight is 372 g/mol. The van der Waals surface area contributed by atoms with Crippen molar-refractivity contribution in [2.24, 2.45) is 9.98 Å². The number of hydroxylamine groups is 2. The van der Waals surface area contributed by atoms with E-state index in [0.29, 0.717) is 13.1 Å². The lowest BCUT2D eigenvalue weighted by atomic mass is 10.3. The fourth-order valence-electron chi connectivity index (χ4n) is 2.95. The van der Waals surface area contributed by atoms with E-state index in [1.165, 1.54) is 0 Å². The smallest absolute Gasteiger partial charge is 0.190 e. The van der Waals surface area contributed by atoms with Gasteiger partial charge in [0.05, 0.1) is 26.4 Å². The molecule has 2 aliphatic heterocycles. The van der Waals surface area contributed by atoms with Crippen molar-refractivity contribution in [1.82, 2.24) is 20.8 Å². The van der Waals surface area contributed by atoms with Crippen LogP contribution in [-0.2, 0) is 9.47 Å². The lowest BCUT2D eigenvalue weighted by Crippen LogP contribution is -2.39. The highest BCUT2D eigenvalue weighted by Gasteiger charge is 2.11. The van der Waals surface area contributed by atoms with E-state index in [1.54, 1.807) is 0 Å². The monoisotopic (exact) mass is 372 g/mol. The van der Waals surface area contributed by atoms with E-state index < -0.39 is 0 Å². The minimum absolute atomic E-state index is 0.154. The first-order chi connectivity index (χ1) is 12.8. The summed E-state index contributed by atoms with van der Waals surface area (Å²) in [6.07, 6.45) is 1.72. The molecule has 2 aliphatic rings. The van der Waals surface area contributed by atoms with Gasteiger partial charge in [-0.2, -0.15) is 0 Å². The van der Waals surface area contributed by atoms with Crippen LogP contribution in [0.3, 0.4) is 0 Å². The van der Waals surface area contributed by atoms with Gasteiger partial charge in [-0.3, -0.25) is 30.2 Å². The molecular weight excluding hydrogens is 340 g/mol. The molecule has 2 heterocycles. The van der Waals surface area contributed by atoms with Crippen molar-refractivity contribution < 1.29 is 19.9 Å². The number of ether oxygens (including phenoxy) is 2. The van der Waals surface area contributed by atoms with Crippen molar-refractivity contribution in [3.05, 3.63) is 0 Å². The van der Waals surface area contributed by atoms with Crippen molar-refractivity contribution in [1.29, 1.82) is 0 Å². The Bertz CT molecular complexity index is 396. The molecule has 10 heteroatoms. The molecule has 0 aliphatic carbocycles. The van der Waals surface area contributed by atoms with Gasteiger partial charge >= 0.3 is 0 Å². The molecule has 4 N–H and O–H groups in total. The molecule has 2 fully saturated rings. The average Bonchev–Trinajstić information content (AvgIpc) is 2.70. The molecule has 0 bridgehead atoms. The highest BCUT2D eigenvalue weighted by atomic mass is 16.5. The minimum Gasteiger partial charge on any atom is -0.379 e. The van der Waals surface area contributed by atoms with Crippen LogP contribution in [-0.4, -0.2) is 111 Å². The van der Waals surface area contributed by atoms with E-state index in [4.69, 9.17) is 9.47 Å². The van der Waals surface area contributed by atoms with Gasteiger partial charge in [0.25, 0.3) is 0 Å². The summed E-state index contributed by atoms with van der Waals surface area (Å²) < 4.78 is 10.6. The summed E-state index contributed by atoms with van der Waals surface area (Å²) in [5, 5.41) is 18.5. The molecule has 0 atom stereocenters. The molecular formula is C16H32N6O4. The van der Waals surface area contributed by atoms with Gasteiger partial charge in [-0.05, 0) is 12.8 Å². The Hall–Kier alpha value is -1.30. The maximum Gasteiger partial charge on any atom is 0.190 e. The number of nitrogens with one attached hydrogen (secondary N) is 2. The van der Waals surface area contributed by atoms with Crippen LogP contribution in [0.4, 0.5) is 0 Å². The van der Waals surface area contributed by atoms with Crippen molar-refractivity contribution in [3.63, 3.8) is 0 Å². The van der Waals surface area contributed by atoms with Gasteiger partial charge in [-0.1, -0.05) is 0 Å². The first-order valence-corrected chi connectivity index (χ1v) is 9.33. The SMILES string of the molecule is ONC(=NCCCN1CCOCC1)C(=NCCCN1CCOCC1)NO. The van der Waals surface area contributed by atoms with Crippen LogP contribution < -0.4 is 11.0 Å². The van der Waals surface area contributed by atoms with E-state index in [9.17, 15) is 10.4 Å². The summed E-state index contributed by atoms with van der Waals surface area (Å²) in [6.45, 7) is 9.85. The number of nitrogens with zero attached hydrogens (tertiary/aromatic N) is 4. The Morgan fingerprint density at radius 3 is 1.46 bits per heavy atom. The third-order valence-electron chi connectivity index (χ3n) is 4.45. The number of amidine groups is 2. The highest BCUT2D eigenvalue weighted by molar-refractivity contribution is 6.39. The maximum atomic E-state index is 9.27. The zero-order valence-corrected chi connectivity index (χ0v) is 15.4. The molecule has 0 saturated carbocycles. The predicted molar refractivity (Wildman–Crippen MR) is 98.2 cm³/mol. The van der Waals surface area contributed by atoms with Crippen LogP contribution in [0.1, 0.15) is 12.8 Å². The molecule has 0 unspecified atom stereocenters. The molecule has 0 amide bonds. The van der Waals surface area contributed by atoms with E-state index in [-0.39, 0.29) is 11.7 Å². The Balaban J connectivity index is 1.69. The van der Waals surface area contributed by atoms with Crippen LogP contribution in [0.25, 0.3) is 0 Å². The third kappa shape index (κ3) is 7.94. The summed E-state index contributed by atoms with van der Waals surface area (Å²) in [4.78, 5) is 13.2. The molecule has 0 radical (unpaired) electrons. The van der Waals surface area contributed by atoms with Crippen LogP contribution in [0.2, 0.25) is 0 Å². The molecule has 0 aromatic carbocycles. The van der Waals surface area contributed by atoms with E-state index in [0.717, 1.165) is 78.5 Å². The van der Waals surface area contributed by atoms with Gasteiger partial charge in [0.1, 0.15) is 0 Å². The van der Waals surface area contributed by atoms with Gasteiger partial charge in [0.2, 0.25) is 0 Å². The van der Waals surface area contributed by atoms with E-state index >= 15 is 0 Å². The lowest BCUT2D eigenvalue weighted by molar-refractivity contribution is 0.0376. The second kappa shape index (κ2) is 13.0. The zero-order valence-electron chi connectivity index (χ0n) is 15.4. The third-order valence-corrected chi connectivity index (χ3v) is 4.45. The first-order valence-electron chi connectivity index (χ1n) is 9.33. The number of morpholine rings is 2. The quantitative estimate of drug-likeness (QED) is 0.189. The van der Waals surface area contributed by atoms with Crippen molar-refractivity contribution in [3.8, 4) is 0 Å². The topological polar surface area (TPSA) is 114 Å². The van der Waals surface area contributed by atoms with Crippen LogP contribution in [0.5, 0.6) is 0 Å². The fraction of sp³-hybridized carbons (Fsp3) is 0.875. The predicted octanol–water partition coefficient (Wildman–Crippen LogP) is -0.814. The van der Waals surface area contributed by atoms with Crippen molar-refractivity contribution in [2.45, 2.75) is 12.8 Å². The van der Waals surface area contributed by atoms with E-state index in [2.05, 4.69) is 19.8 Å². The number of hydrogen-bond acceptors (Lipinski definition) is 8. The molecule has 0 spiro atoms. The summed E-state index contributed by atoms with van der Waals surface area (Å²) in [7, 11) is 0. The lowest BCUT2D eigenvalue weighted by Gasteiger charge is -2.26. The van der Waals surface area contributed by atoms with Gasteiger partial charge in [-0.15, -0.1) is 0 Å². The van der Waals surface area contributed by atoms with Crippen LogP contribution in [0, 0.1) is 0 Å². The van der Waals surface area contributed by atoms with Crippen LogP contribution >= 0.6 is 0 Å².